The van der Waals surface area contributed by atoms with Gasteiger partial charge in [0.1, 0.15) is 23.7 Å². The van der Waals surface area contributed by atoms with E-state index in [1.165, 1.54) is 9.80 Å². The molecule has 64 heavy (non-hydrogen) atoms. The largest absolute Gasteiger partial charge is 0.340 e. The van der Waals surface area contributed by atoms with Crippen LogP contribution >= 0.6 is 0 Å². The first-order chi connectivity index (χ1) is 31.0. The van der Waals surface area contributed by atoms with Crippen molar-refractivity contribution in [2.24, 2.45) is 5.92 Å². The van der Waals surface area contributed by atoms with Crippen LogP contribution in [0.2, 0.25) is 0 Å². The van der Waals surface area contributed by atoms with Gasteiger partial charge in [-0.25, -0.2) is 19.6 Å². The number of imidazole rings is 2. The molecule has 3 fully saturated rings. The minimum Gasteiger partial charge on any atom is -0.340 e. The highest BCUT2D eigenvalue weighted by molar-refractivity contribution is 5.90. The van der Waals surface area contributed by atoms with Crippen molar-refractivity contribution in [1.29, 1.82) is 0 Å². The third kappa shape index (κ3) is 8.35. The van der Waals surface area contributed by atoms with Crippen LogP contribution in [0.3, 0.4) is 0 Å². The molecule has 14 heteroatoms. The molecule has 0 spiro atoms. The van der Waals surface area contributed by atoms with Crippen molar-refractivity contribution < 1.29 is 19.2 Å². The zero-order valence-electron chi connectivity index (χ0n) is 36.6. The van der Waals surface area contributed by atoms with Gasteiger partial charge in [0.25, 0.3) is 5.91 Å². The van der Waals surface area contributed by atoms with Gasteiger partial charge in [-0.1, -0.05) is 109 Å². The molecule has 2 aromatic heterocycles. The molecule has 4 N–H and O–H groups in total. The molecule has 1 aliphatic carbocycles. The number of aromatic nitrogens is 4. The summed E-state index contributed by atoms with van der Waals surface area (Å²) in [6.45, 7) is 0.575. The van der Waals surface area contributed by atoms with Crippen molar-refractivity contribution >= 4 is 23.9 Å². The maximum absolute atomic E-state index is 14.4. The minimum absolute atomic E-state index is 0.0935. The van der Waals surface area contributed by atoms with E-state index in [1.54, 1.807) is 28.2 Å². The molecule has 2 saturated heterocycles. The standard InChI is InChI=1S/C50H54N10O4/c1-57(2)49(63)55-42(35-12-7-5-8-13-35)47(61)59-27-11-16-41(59)45-51-29-39(53-45)33-21-17-31(18-22-33)32-19-23-34(24-20-32)40-30-52-46(54-40)44-37-25-26-38(28-37)60(44)48(62)43(56-50(64)58(3)4)36-14-9-6-10-15-36/h5-10,12-15,17-24,29-30,37-38,41-44H,11,16,25-28H2,1-4H3,(H,51,53)(H,52,54)(H,55,63)(H,56,64)/t37-,38-,41-,42+,43-,44+/m0/s1. The van der Waals surface area contributed by atoms with E-state index in [-0.39, 0.29) is 47.9 Å². The first kappa shape index (κ1) is 42.1. The fraction of sp³-hybridized carbons (Fsp3) is 0.320. The van der Waals surface area contributed by atoms with Gasteiger partial charge in [-0.05, 0) is 71.4 Å². The van der Waals surface area contributed by atoms with Gasteiger partial charge in [-0.2, -0.15) is 0 Å². The second-order valence-electron chi connectivity index (χ2n) is 17.5. The zero-order chi connectivity index (χ0) is 44.5. The van der Waals surface area contributed by atoms with Gasteiger partial charge in [-0.3, -0.25) is 9.59 Å². The summed E-state index contributed by atoms with van der Waals surface area (Å²) in [4.78, 5) is 77.4. The van der Waals surface area contributed by atoms with Gasteiger partial charge in [0.05, 0.1) is 35.9 Å². The second kappa shape index (κ2) is 17.9. The number of piperidine rings is 1. The van der Waals surface area contributed by atoms with Crippen LogP contribution in [0.25, 0.3) is 33.6 Å². The fourth-order valence-corrected chi connectivity index (χ4v) is 9.63. The molecular weight excluding hydrogens is 805 g/mol. The van der Waals surface area contributed by atoms with Crippen LogP contribution in [-0.2, 0) is 9.59 Å². The number of urea groups is 2. The molecule has 328 valence electrons. The molecule has 3 aliphatic rings. The number of carbonyl (C=O) groups is 4. The predicted molar refractivity (Wildman–Crippen MR) is 244 cm³/mol. The number of nitrogens with one attached hydrogen (secondary N) is 4. The van der Waals surface area contributed by atoms with Gasteiger partial charge >= 0.3 is 12.1 Å². The van der Waals surface area contributed by atoms with Crippen LogP contribution in [0, 0.1) is 5.92 Å². The Morgan fingerprint density at radius 1 is 0.609 bits per heavy atom. The number of amides is 6. The number of hydrogen-bond acceptors (Lipinski definition) is 6. The van der Waals surface area contributed by atoms with E-state index in [0.29, 0.717) is 6.54 Å². The third-order valence-corrected chi connectivity index (χ3v) is 13.0. The highest BCUT2D eigenvalue weighted by atomic mass is 16.2. The van der Waals surface area contributed by atoms with Crippen LogP contribution in [0.1, 0.15) is 79.0 Å². The summed E-state index contributed by atoms with van der Waals surface area (Å²) in [5.41, 5.74) is 7.29. The molecule has 6 aromatic rings. The lowest BCUT2D eigenvalue weighted by molar-refractivity contribution is -0.138. The Morgan fingerprint density at radius 2 is 1.09 bits per heavy atom. The topological polar surface area (TPSA) is 163 Å². The quantitative estimate of drug-likeness (QED) is 0.104. The average molecular weight is 859 g/mol. The Bertz CT molecular complexity index is 2610. The number of H-pyrrole nitrogens is 2. The molecule has 4 heterocycles. The van der Waals surface area contributed by atoms with Crippen molar-refractivity contribution in [3.8, 4) is 33.6 Å². The molecule has 2 bridgehead atoms. The number of fused-ring (bicyclic) bond motifs is 2. The van der Waals surface area contributed by atoms with E-state index < -0.39 is 12.1 Å². The molecule has 2 aliphatic heterocycles. The molecule has 9 rings (SSSR count). The predicted octanol–water partition coefficient (Wildman–Crippen LogP) is 7.87. The van der Waals surface area contributed by atoms with Gasteiger partial charge in [-0.15, -0.1) is 0 Å². The molecule has 0 unspecified atom stereocenters. The number of likely N-dealkylation sites (tertiary alicyclic amines) is 2. The third-order valence-electron chi connectivity index (χ3n) is 13.0. The maximum atomic E-state index is 14.4. The van der Waals surface area contributed by atoms with E-state index in [9.17, 15) is 19.2 Å². The highest BCUT2D eigenvalue weighted by Gasteiger charge is 2.51. The summed E-state index contributed by atoms with van der Waals surface area (Å²) < 4.78 is 0. The number of aromatic amines is 2. The molecule has 6 atom stereocenters. The van der Waals surface area contributed by atoms with E-state index in [1.807, 2.05) is 82.9 Å². The summed E-state index contributed by atoms with van der Waals surface area (Å²) in [6.07, 6.45) is 8.15. The monoisotopic (exact) mass is 858 g/mol. The number of carbonyl (C=O) groups excluding carboxylic acids is 4. The number of hydrogen-bond donors (Lipinski definition) is 4. The van der Waals surface area contributed by atoms with E-state index in [0.717, 1.165) is 88.5 Å². The summed E-state index contributed by atoms with van der Waals surface area (Å²) >= 11 is 0. The van der Waals surface area contributed by atoms with Crippen molar-refractivity contribution in [2.45, 2.75) is 62.3 Å². The lowest BCUT2D eigenvalue weighted by Crippen LogP contribution is -2.49. The zero-order valence-corrected chi connectivity index (χ0v) is 36.6. The van der Waals surface area contributed by atoms with E-state index in [2.05, 4.69) is 69.1 Å². The van der Waals surface area contributed by atoms with Crippen LogP contribution in [0.4, 0.5) is 9.59 Å². The van der Waals surface area contributed by atoms with E-state index in [4.69, 9.17) is 9.97 Å². The van der Waals surface area contributed by atoms with Crippen molar-refractivity contribution in [3.05, 3.63) is 144 Å². The summed E-state index contributed by atoms with van der Waals surface area (Å²) in [6, 6.07) is 32.8. The van der Waals surface area contributed by atoms with Crippen LogP contribution in [-0.4, -0.2) is 104 Å². The Labute approximate surface area is 373 Å². The smallest absolute Gasteiger partial charge is 0.317 e. The SMILES string of the molecule is CN(C)C(=O)N[C@H](C(=O)N1[C@H]2CC[C@@H](C2)[C@@H]1c1ncc(-c2ccc(-c3ccc(-c4cnc([C@@H]5CCCN5C(=O)[C@H](NC(=O)N(C)C)c5ccccc5)[nH]4)cc3)cc2)[nH]1)c1ccccc1. The Hall–Kier alpha value is -7.22. The molecule has 0 radical (unpaired) electrons. The van der Waals surface area contributed by atoms with Gasteiger partial charge in [0.15, 0.2) is 0 Å². The average Bonchev–Trinajstić information content (AvgIpc) is 4.19. The van der Waals surface area contributed by atoms with Crippen LogP contribution < -0.4 is 10.6 Å². The molecule has 14 nitrogen and oxygen atoms in total. The Balaban J connectivity index is 0.877. The van der Waals surface area contributed by atoms with Gasteiger partial charge < -0.3 is 40.2 Å². The lowest BCUT2D eigenvalue weighted by Gasteiger charge is -2.37. The Kier molecular flexibility index (Phi) is 11.8. The lowest BCUT2D eigenvalue weighted by atomic mass is 9.96. The fourth-order valence-electron chi connectivity index (χ4n) is 9.63. The van der Waals surface area contributed by atoms with Crippen LogP contribution in [0.15, 0.2) is 122 Å². The normalized spacial score (nSPS) is 19.9. The second-order valence-corrected chi connectivity index (χ2v) is 17.5. The highest BCUT2D eigenvalue weighted by Crippen LogP contribution is 2.50. The van der Waals surface area contributed by atoms with E-state index >= 15 is 0 Å². The van der Waals surface area contributed by atoms with Crippen molar-refractivity contribution in [1.82, 2.24) is 50.2 Å². The number of benzene rings is 4. The van der Waals surface area contributed by atoms with Crippen LogP contribution in [0.5, 0.6) is 0 Å². The number of rotatable bonds is 11. The molecular formula is C50H54N10O4. The van der Waals surface area contributed by atoms with Crippen molar-refractivity contribution in [3.63, 3.8) is 0 Å². The molecule has 4 aromatic carbocycles. The first-order valence-electron chi connectivity index (χ1n) is 22.0. The Morgan fingerprint density at radius 3 is 1.62 bits per heavy atom. The maximum Gasteiger partial charge on any atom is 0.317 e. The molecule has 6 amide bonds. The van der Waals surface area contributed by atoms with Gasteiger partial charge in [0, 0.05) is 40.8 Å². The summed E-state index contributed by atoms with van der Waals surface area (Å²) in [5, 5.41) is 5.89. The summed E-state index contributed by atoms with van der Waals surface area (Å²) in [7, 11) is 6.66. The molecule has 1 saturated carbocycles. The number of nitrogens with zero attached hydrogens (tertiary/aromatic N) is 6. The van der Waals surface area contributed by atoms with Crippen molar-refractivity contribution in [2.75, 3.05) is 34.7 Å². The summed E-state index contributed by atoms with van der Waals surface area (Å²) in [5.74, 6) is 1.49. The van der Waals surface area contributed by atoms with Gasteiger partial charge in [0.2, 0.25) is 5.91 Å². The minimum atomic E-state index is -0.816. The first-order valence-corrected chi connectivity index (χ1v) is 22.0.